The molecule has 2 aromatic rings. The van der Waals surface area contributed by atoms with E-state index in [-0.39, 0.29) is 16.0 Å². The summed E-state index contributed by atoms with van der Waals surface area (Å²) in [6, 6.07) is 7.65. The van der Waals surface area contributed by atoms with Crippen LogP contribution in [0.4, 0.5) is 13.2 Å². The Bertz CT molecular complexity index is 960. The Labute approximate surface area is 154 Å². The minimum atomic E-state index is -4.71. The van der Waals surface area contributed by atoms with Gasteiger partial charge in [0.1, 0.15) is 0 Å². The van der Waals surface area contributed by atoms with Gasteiger partial charge in [0.25, 0.3) is 0 Å². The summed E-state index contributed by atoms with van der Waals surface area (Å²) < 4.78 is 66.1. The van der Waals surface area contributed by atoms with Gasteiger partial charge in [-0.2, -0.15) is 13.2 Å². The molecule has 2 rings (SSSR count). The summed E-state index contributed by atoms with van der Waals surface area (Å²) in [5.41, 5.74) is -2.02. The number of carboxylic acids is 1. The highest BCUT2D eigenvalue weighted by molar-refractivity contribution is 7.89. The number of carbonyl (C=O) groups is 1. The molecule has 9 heteroatoms. The van der Waals surface area contributed by atoms with E-state index < -0.39 is 38.8 Å². The first-order chi connectivity index (χ1) is 12.2. The number of aromatic carboxylic acids is 1. The van der Waals surface area contributed by atoms with Gasteiger partial charge in [0, 0.05) is 5.54 Å². The number of alkyl halides is 3. The summed E-state index contributed by atoms with van der Waals surface area (Å²) in [7, 11) is -3.79. The van der Waals surface area contributed by atoms with Crippen LogP contribution in [-0.2, 0) is 16.2 Å². The molecule has 0 spiro atoms. The quantitative estimate of drug-likeness (QED) is 0.806. The van der Waals surface area contributed by atoms with Crippen molar-refractivity contribution in [3.63, 3.8) is 0 Å². The summed E-state index contributed by atoms with van der Waals surface area (Å²) in [6.07, 6.45) is -4.71. The third kappa shape index (κ3) is 5.30. The monoisotopic (exact) mass is 401 g/mol. The van der Waals surface area contributed by atoms with Crippen LogP contribution < -0.4 is 4.72 Å². The molecule has 0 radical (unpaired) electrons. The van der Waals surface area contributed by atoms with Crippen LogP contribution in [0.2, 0.25) is 0 Å². The van der Waals surface area contributed by atoms with E-state index in [0.717, 1.165) is 12.1 Å². The zero-order valence-corrected chi connectivity index (χ0v) is 15.6. The largest absolute Gasteiger partial charge is 0.478 e. The molecule has 0 saturated heterocycles. The molecule has 0 unspecified atom stereocenters. The fourth-order valence-corrected chi connectivity index (χ4v) is 3.79. The number of hydrogen-bond acceptors (Lipinski definition) is 3. The van der Waals surface area contributed by atoms with Crippen LogP contribution in [0.15, 0.2) is 47.4 Å². The van der Waals surface area contributed by atoms with Crippen LogP contribution in [0.1, 0.15) is 36.7 Å². The van der Waals surface area contributed by atoms with Crippen molar-refractivity contribution in [2.75, 3.05) is 0 Å². The molecule has 0 bridgehead atoms. The van der Waals surface area contributed by atoms with E-state index in [2.05, 4.69) is 4.72 Å². The van der Waals surface area contributed by atoms with Gasteiger partial charge in [0.15, 0.2) is 0 Å². The Balaban J connectivity index is 2.48. The van der Waals surface area contributed by atoms with Crippen molar-refractivity contribution in [2.45, 2.75) is 37.4 Å². The second-order valence-corrected chi connectivity index (χ2v) is 8.66. The van der Waals surface area contributed by atoms with Crippen LogP contribution in [0, 0.1) is 0 Å². The van der Waals surface area contributed by atoms with Crippen molar-refractivity contribution < 1.29 is 31.5 Å². The molecule has 0 amide bonds. The van der Waals surface area contributed by atoms with Crippen LogP contribution >= 0.6 is 0 Å². The van der Waals surface area contributed by atoms with E-state index in [0.29, 0.717) is 6.07 Å². The van der Waals surface area contributed by atoms with E-state index in [4.69, 9.17) is 5.11 Å². The lowest BCUT2D eigenvalue weighted by Crippen LogP contribution is -2.40. The normalized spacial score (nSPS) is 12.8. The molecule has 2 N–H and O–H groups in total. The van der Waals surface area contributed by atoms with Gasteiger partial charge >= 0.3 is 12.1 Å². The van der Waals surface area contributed by atoms with Crippen molar-refractivity contribution in [1.82, 2.24) is 4.72 Å². The third-order valence-electron chi connectivity index (χ3n) is 3.45. The fourth-order valence-electron chi connectivity index (χ4n) is 2.37. The molecule has 0 aromatic heterocycles. The molecule has 2 aromatic carbocycles. The standard InChI is InChI=1S/C18H18F3NO4S/c1-17(2,3)22-27(25,26)15-6-4-11(5-7-15)12-8-13(16(23)24)10-14(9-12)18(19,20)21/h4-10,22H,1-3H3,(H,23,24). The molecule has 0 saturated carbocycles. The molecule has 0 aliphatic heterocycles. The lowest BCUT2D eigenvalue weighted by molar-refractivity contribution is -0.137. The van der Waals surface area contributed by atoms with Crippen molar-refractivity contribution >= 4 is 16.0 Å². The van der Waals surface area contributed by atoms with Gasteiger partial charge in [0.2, 0.25) is 10.0 Å². The Hall–Kier alpha value is -2.39. The average molecular weight is 401 g/mol. The zero-order chi connectivity index (χ0) is 20.6. The second kappa shape index (κ2) is 6.97. The summed E-state index contributed by atoms with van der Waals surface area (Å²) in [5, 5.41) is 9.05. The summed E-state index contributed by atoms with van der Waals surface area (Å²) in [6.45, 7) is 5.03. The van der Waals surface area contributed by atoms with Gasteiger partial charge in [-0.05, 0) is 62.2 Å². The molecular weight excluding hydrogens is 383 g/mol. The first-order valence-corrected chi connectivity index (χ1v) is 9.27. The van der Waals surface area contributed by atoms with Gasteiger partial charge in [-0.15, -0.1) is 0 Å². The maximum absolute atomic E-state index is 13.0. The lowest BCUT2D eigenvalue weighted by atomic mass is 9.99. The van der Waals surface area contributed by atoms with Gasteiger partial charge in [0.05, 0.1) is 16.0 Å². The Morgan fingerprint density at radius 3 is 1.96 bits per heavy atom. The maximum Gasteiger partial charge on any atom is 0.416 e. The highest BCUT2D eigenvalue weighted by Crippen LogP contribution is 2.33. The summed E-state index contributed by atoms with van der Waals surface area (Å²) >= 11 is 0. The fraction of sp³-hybridized carbons (Fsp3) is 0.278. The number of nitrogens with one attached hydrogen (secondary N) is 1. The lowest BCUT2D eigenvalue weighted by Gasteiger charge is -2.20. The minimum absolute atomic E-state index is 0.0231. The highest BCUT2D eigenvalue weighted by atomic mass is 32.2. The van der Waals surface area contributed by atoms with Crippen molar-refractivity contribution in [3.8, 4) is 11.1 Å². The van der Waals surface area contributed by atoms with Crippen molar-refractivity contribution in [1.29, 1.82) is 0 Å². The molecule has 0 fully saturated rings. The summed E-state index contributed by atoms with van der Waals surface area (Å²) in [4.78, 5) is 11.1. The van der Waals surface area contributed by atoms with Gasteiger partial charge in [-0.25, -0.2) is 17.9 Å². The third-order valence-corrected chi connectivity index (χ3v) is 5.22. The first kappa shape index (κ1) is 20.9. The van der Waals surface area contributed by atoms with Crippen LogP contribution in [0.3, 0.4) is 0 Å². The van der Waals surface area contributed by atoms with E-state index in [1.54, 1.807) is 20.8 Å². The van der Waals surface area contributed by atoms with E-state index in [1.807, 2.05) is 0 Å². The molecule has 0 heterocycles. The molecular formula is C18H18F3NO4S. The zero-order valence-electron chi connectivity index (χ0n) is 14.8. The number of sulfonamides is 1. The first-order valence-electron chi connectivity index (χ1n) is 7.79. The summed E-state index contributed by atoms with van der Waals surface area (Å²) in [5.74, 6) is -1.49. The van der Waals surface area contributed by atoms with Gasteiger partial charge < -0.3 is 5.11 Å². The molecule has 146 valence electrons. The minimum Gasteiger partial charge on any atom is -0.478 e. The van der Waals surface area contributed by atoms with Crippen LogP contribution in [-0.4, -0.2) is 25.0 Å². The van der Waals surface area contributed by atoms with Crippen molar-refractivity contribution in [3.05, 3.63) is 53.6 Å². The SMILES string of the molecule is CC(C)(C)NS(=O)(=O)c1ccc(-c2cc(C(=O)O)cc(C(F)(F)F)c2)cc1. The average Bonchev–Trinajstić information content (AvgIpc) is 2.51. The maximum atomic E-state index is 13.0. The van der Waals surface area contributed by atoms with Crippen LogP contribution in [0.25, 0.3) is 11.1 Å². The topological polar surface area (TPSA) is 83.5 Å². The second-order valence-electron chi connectivity index (χ2n) is 6.98. The van der Waals surface area contributed by atoms with Crippen molar-refractivity contribution in [2.24, 2.45) is 0 Å². The molecule has 5 nitrogen and oxygen atoms in total. The Morgan fingerprint density at radius 2 is 1.52 bits per heavy atom. The number of rotatable bonds is 4. The van der Waals surface area contributed by atoms with E-state index >= 15 is 0 Å². The number of halogens is 3. The van der Waals surface area contributed by atoms with Gasteiger partial charge in [-0.1, -0.05) is 12.1 Å². The molecule has 27 heavy (non-hydrogen) atoms. The van der Waals surface area contributed by atoms with E-state index in [1.165, 1.54) is 24.3 Å². The Kier molecular flexibility index (Phi) is 5.40. The number of benzene rings is 2. The number of carboxylic acid groups (broad SMARTS) is 1. The van der Waals surface area contributed by atoms with Crippen LogP contribution in [0.5, 0.6) is 0 Å². The molecule has 0 aliphatic rings. The smallest absolute Gasteiger partial charge is 0.416 e. The highest BCUT2D eigenvalue weighted by Gasteiger charge is 2.32. The molecule has 0 atom stereocenters. The molecule has 0 aliphatic carbocycles. The number of hydrogen-bond donors (Lipinski definition) is 2. The Morgan fingerprint density at radius 1 is 0.963 bits per heavy atom. The van der Waals surface area contributed by atoms with Gasteiger partial charge in [-0.3, -0.25) is 0 Å². The predicted octanol–water partition coefficient (Wildman–Crippen LogP) is 4.15. The van der Waals surface area contributed by atoms with E-state index in [9.17, 15) is 26.4 Å². The predicted molar refractivity (Wildman–Crippen MR) is 93.9 cm³/mol.